The number of hydrogen-bond acceptors (Lipinski definition) is 6. The van der Waals surface area contributed by atoms with Gasteiger partial charge in [0.2, 0.25) is 17.7 Å². The average molecular weight is 382 g/mol. The number of benzene rings is 1. The summed E-state index contributed by atoms with van der Waals surface area (Å²) < 4.78 is 11.2. The Morgan fingerprint density at radius 3 is 2.79 bits per heavy atom. The highest BCUT2D eigenvalue weighted by Crippen LogP contribution is 2.36. The molecule has 2 aliphatic rings. The Balaban J connectivity index is 1.45. The van der Waals surface area contributed by atoms with Crippen LogP contribution in [-0.2, 0) is 4.79 Å². The van der Waals surface area contributed by atoms with Gasteiger partial charge in [0, 0.05) is 31.3 Å². The van der Waals surface area contributed by atoms with Crippen LogP contribution < -0.4 is 19.3 Å². The third-order valence-corrected chi connectivity index (χ3v) is 5.51. The van der Waals surface area contributed by atoms with Gasteiger partial charge in [-0.3, -0.25) is 4.79 Å². The second kappa shape index (κ2) is 8.04. The maximum atomic E-state index is 13.3. The Labute approximate surface area is 165 Å². The number of amides is 1. The van der Waals surface area contributed by atoms with E-state index in [9.17, 15) is 4.79 Å². The van der Waals surface area contributed by atoms with Gasteiger partial charge in [0.05, 0.1) is 19.3 Å². The van der Waals surface area contributed by atoms with E-state index in [1.54, 1.807) is 19.4 Å². The molecule has 0 N–H and O–H groups in total. The zero-order chi connectivity index (χ0) is 19.5. The first kappa shape index (κ1) is 18.5. The number of methoxy groups -OCH3 is 1. The standard InChI is InChI=1S/C21H26N4O3/c1-3-16-14-25(17-6-4-5-7-18(17)28-16)20(26)15-9-12-24(13-10-15)21-22-11-8-19(23-21)27-2/h4-8,11,15-16H,3,9-10,12-14H2,1-2H3. The van der Waals surface area contributed by atoms with Crippen molar-refractivity contribution in [2.24, 2.45) is 5.92 Å². The summed E-state index contributed by atoms with van der Waals surface area (Å²) in [5, 5.41) is 0. The molecule has 1 aromatic carbocycles. The van der Waals surface area contributed by atoms with E-state index in [0.29, 0.717) is 18.4 Å². The van der Waals surface area contributed by atoms with Crippen molar-refractivity contribution in [3.8, 4) is 11.6 Å². The van der Waals surface area contributed by atoms with Gasteiger partial charge in [-0.25, -0.2) is 4.98 Å². The summed E-state index contributed by atoms with van der Waals surface area (Å²) in [6, 6.07) is 9.56. The molecule has 7 heteroatoms. The maximum absolute atomic E-state index is 13.3. The predicted molar refractivity (Wildman–Crippen MR) is 107 cm³/mol. The number of carbonyl (C=O) groups is 1. The molecule has 2 aromatic rings. The van der Waals surface area contributed by atoms with Crippen LogP contribution in [0.1, 0.15) is 26.2 Å². The molecule has 3 heterocycles. The van der Waals surface area contributed by atoms with E-state index in [-0.39, 0.29) is 17.9 Å². The number of anilines is 2. The van der Waals surface area contributed by atoms with Crippen molar-refractivity contribution in [3.05, 3.63) is 36.5 Å². The first-order valence-corrected chi connectivity index (χ1v) is 9.88. The third kappa shape index (κ3) is 3.61. The van der Waals surface area contributed by atoms with Gasteiger partial charge in [-0.05, 0) is 31.4 Å². The smallest absolute Gasteiger partial charge is 0.230 e. The minimum Gasteiger partial charge on any atom is -0.486 e. The molecule has 0 saturated carbocycles. The molecule has 0 bridgehead atoms. The van der Waals surface area contributed by atoms with Gasteiger partial charge in [0.25, 0.3) is 0 Å². The molecule has 28 heavy (non-hydrogen) atoms. The monoisotopic (exact) mass is 382 g/mol. The van der Waals surface area contributed by atoms with Crippen LogP contribution in [0.2, 0.25) is 0 Å². The molecule has 148 valence electrons. The Hall–Kier alpha value is -2.83. The van der Waals surface area contributed by atoms with E-state index in [1.807, 2.05) is 29.2 Å². The van der Waals surface area contributed by atoms with E-state index < -0.39 is 0 Å². The summed E-state index contributed by atoms with van der Waals surface area (Å²) in [6.45, 7) is 4.22. The van der Waals surface area contributed by atoms with Gasteiger partial charge in [-0.2, -0.15) is 4.98 Å². The summed E-state index contributed by atoms with van der Waals surface area (Å²) in [5.74, 6) is 2.22. The molecule has 2 aliphatic heterocycles. The fourth-order valence-electron chi connectivity index (χ4n) is 3.87. The molecule has 0 aliphatic carbocycles. The molecule has 0 spiro atoms. The Morgan fingerprint density at radius 2 is 2.04 bits per heavy atom. The minimum absolute atomic E-state index is 0.00511. The number of hydrogen-bond donors (Lipinski definition) is 0. The number of carbonyl (C=O) groups excluding carboxylic acids is 1. The molecule has 1 atom stereocenters. The normalized spacial score (nSPS) is 19.7. The molecule has 1 aromatic heterocycles. The molecule has 1 fully saturated rings. The van der Waals surface area contributed by atoms with Crippen LogP contribution in [0.15, 0.2) is 36.5 Å². The van der Waals surface area contributed by atoms with E-state index in [1.165, 1.54) is 0 Å². The number of nitrogens with zero attached hydrogens (tertiary/aromatic N) is 4. The maximum Gasteiger partial charge on any atom is 0.230 e. The van der Waals surface area contributed by atoms with Crippen molar-refractivity contribution in [1.29, 1.82) is 0 Å². The number of rotatable bonds is 4. The Morgan fingerprint density at radius 1 is 1.25 bits per heavy atom. The lowest BCUT2D eigenvalue weighted by atomic mass is 9.94. The van der Waals surface area contributed by atoms with Crippen molar-refractivity contribution >= 4 is 17.5 Å². The zero-order valence-electron chi connectivity index (χ0n) is 16.4. The Bertz CT molecular complexity index is 836. The third-order valence-electron chi connectivity index (χ3n) is 5.51. The summed E-state index contributed by atoms with van der Waals surface area (Å²) in [7, 11) is 1.60. The van der Waals surface area contributed by atoms with E-state index in [4.69, 9.17) is 9.47 Å². The summed E-state index contributed by atoms with van der Waals surface area (Å²) in [6.07, 6.45) is 4.20. The second-order valence-electron chi connectivity index (χ2n) is 7.22. The molecular formula is C21H26N4O3. The average Bonchev–Trinajstić information content (AvgIpc) is 2.78. The molecule has 1 unspecified atom stereocenters. The summed E-state index contributed by atoms with van der Waals surface area (Å²) in [5.41, 5.74) is 0.885. The molecular weight excluding hydrogens is 356 g/mol. The van der Waals surface area contributed by atoms with Crippen molar-refractivity contribution in [3.63, 3.8) is 0 Å². The van der Waals surface area contributed by atoms with Crippen LogP contribution in [0.5, 0.6) is 11.6 Å². The van der Waals surface area contributed by atoms with Crippen LogP contribution >= 0.6 is 0 Å². The molecule has 1 amide bonds. The fraction of sp³-hybridized carbons (Fsp3) is 0.476. The number of piperidine rings is 1. The number of para-hydroxylation sites is 2. The van der Waals surface area contributed by atoms with Crippen molar-refractivity contribution < 1.29 is 14.3 Å². The van der Waals surface area contributed by atoms with E-state index in [0.717, 1.165) is 43.8 Å². The lowest BCUT2D eigenvalue weighted by molar-refractivity contribution is -0.123. The highest BCUT2D eigenvalue weighted by atomic mass is 16.5. The first-order valence-electron chi connectivity index (χ1n) is 9.88. The lowest BCUT2D eigenvalue weighted by Gasteiger charge is -2.38. The number of ether oxygens (including phenoxy) is 2. The van der Waals surface area contributed by atoms with Crippen LogP contribution in [0.3, 0.4) is 0 Å². The molecule has 1 saturated heterocycles. The van der Waals surface area contributed by atoms with Gasteiger partial charge >= 0.3 is 0 Å². The van der Waals surface area contributed by atoms with Crippen LogP contribution in [0, 0.1) is 5.92 Å². The topological polar surface area (TPSA) is 67.8 Å². The van der Waals surface area contributed by atoms with Crippen LogP contribution in [0.25, 0.3) is 0 Å². The second-order valence-corrected chi connectivity index (χ2v) is 7.22. The minimum atomic E-state index is 0.00511. The lowest BCUT2D eigenvalue weighted by Crippen LogP contribution is -2.48. The van der Waals surface area contributed by atoms with Gasteiger partial charge in [0.15, 0.2) is 0 Å². The van der Waals surface area contributed by atoms with Crippen molar-refractivity contribution in [2.45, 2.75) is 32.3 Å². The largest absolute Gasteiger partial charge is 0.486 e. The zero-order valence-corrected chi connectivity index (χ0v) is 16.4. The van der Waals surface area contributed by atoms with Crippen molar-refractivity contribution in [2.75, 3.05) is 36.5 Å². The highest BCUT2D eigenvalue weighted by Gasteiger charge is 2.34. The van der Waals surface area contributed by atoms with Gasteiger partial charge in [-0.1, -0.05) is 19.1 Å². The van der Waals surface area contributed by atoms with E-state index >= 15 is 0 Å². The Kier molecular flexibility index (Phi) is 5.32. The molecule has 4 rings (SSSR count). The van der Waals surface area contributed by atoms with Crippen LogP contribution in [0.4, 0.5) is 11.6 Å². The number of aromatic nitrogens is 2. The van der Waals surface area contributed by atoms with Gasteiger partial charge in [-0.15, -0.1) is 0 Å². The highest BCUT2D eigenvalue weighted by molar-refractivity contribution is 5.97. The summed E-state index contributed by atoms with van der Waals surface area (Å²) in [4.78, 5) is 26.1. The van der Waals surface area contributed by atoms with E-state index in [2.05, 4.69) is 21.8 Å². The quantitative estimate of drug-likeness (QED) is 0.810. The van der Waals surface area contributed by atoms with Gasteiger partial charge < -0.3 is 19.3 Å². The molecule has 0 radical (unpaired) electrons. The summed E-state index contributed by atoms with van der Waals surface area (Å²) >= 11 is 0. The predicted octanol–water partition coefficient (Wildman–Crippen LogP) is 2.91. The van der Waals surface area contributed by atoms with Gasteiger partial charge in [0.1, 0.15) is 11.9 Å². The molecule has 7 nitrogen and oxygen atoms in total. The van der Waals surface area contributed by atoms with Crippen molar-refractivity contribution in [1.82, 2.24) is 9.97 Å². The fourth-order valence-corrected chi connectivity index (χ4v) is 3.87. The van der Waals surface area contributed by atoms with Crippen LogP contribution in [-0.4, -0.2) is 48.7 Å². The first-order chi connectivity index (χ1) is 13.7. The SMILES string of the molecule is CCC1CN(C(=O)C2CCN(c3nccc(OC)n3)CC2)c2ccccc2O1. The number of fused-ring (bicyclic) bond motifs is 1.